The van der Waals surface area contributed by atoms with E-state index in [0.717, 1.165) is 12.0 Å². The highest BCUT2D eigenvalue weighted by atomic mass is 35.5. The fourth-order valence-electron chi connectivity index (χ4n) is 1.92. The van der Waals surface area contributed by atoms with E-state index >= 15 is 0 Å². The molecule has 2 rings (SSSR count). The van der Waals surface area contributed by atoms with Gasteiger partial charge in [-0.2, -0.15) is 0 Å². The summed E-state index contributed by atoms with van der Waals surface area (Å²) in [5, 5.41) is 3.46. The second-order valence-corrected chi connectivity index (χ2v) is 7.09. The fourth-order valence-corrected chi connectivity index (χ4v) is 3.30. The van der Waals surface area contributed by atoms with Gasteiger partial charge in [-0.3, -0.25) is 0 Å². The van der Waals surface area contributed by atoms with Crippen LogP contribution in [0.3, 0.4) is 0 Å². The van der Waals surface area contributed by atoms with Crippen LogP contribution in [0.4, 0.5) is 0 Å². The summed E-state index contributed by atoms with van der Waals surface area (Å²) >= 11 is 6.08. The lowest BCUT2D eigenvalue weighted by atomic mass is 10.2. The first kappa shape index (κ1) is 14.8. The Hall–Kier alpha value is -0.620. The molecule has 1 aliphatic carbocycles. The molecule has 0 unspecified atom stereocenters. The second-order valence-electron chi connectivity index (χ2n) is 4.91. The third kappa shape index (κ3) is 4.18. The molecule has 4 nitrogen and oxygen atoms in total. The minimum absolute atomic E-state index is 0.230. The van der Waals surface area contributed by atoms with E-state index in [1.165, 1.54) is 18.9 Å². The van der Waals surface area contributed by atoms with Crippen molar-refractivity contribution in [3.05, 3.63) is 28.8 Å². The lowest BCUT2D eigenvalue weighted by Gasteiger charge is -2.09. The van der Waals surface area contributed by atoms with Crippen molar-refractivity contribution < 1.29 is 8.42 Å². The van der Waals surface area contributed by atoms with E-state index in [-0.39, 0.29) is 4.90 Å². The van der Waals surface area contributed by atoms with Crippen molar-refractivity contribution in [1.29, 1.82) is 0 Å². The van der Waals surface area contributed by atoms with E-state index in [4.69, 9.17) is 11.6 Å². The Morgan fingerprint density at radius 3 is 2.68 bits per heavy atom. The summed E-state index contributed by atoms with van der Waals surface area (Å²) in [5.74, 6) is 0.712. The van der Waals surface area contributed by atoms with Gasteiger partial charge in [-0.1, -0.05) is 30.5 Å². The van der Waals surface area contributed by atoms with Crippen LogP contribution in [-0.4, -0.2) is 22.0 Å². The largest absolute Gasteiger partial charge is 0.316 e. The summed E-state index contributed by atoms with van der Waals surface area (Å²) in [6.45, 7) is 1.12. The van der Waals surface area contributed by atoms with Gasteiger partial charge in [0.2, 0.25) is 10.0 Å². The Bertz CT molecular complexity index is 542. The minimum atomic E-state index is -3.44. The monoisotopic (exact) mass is 302 g/mol. The summed E-state index contributed by atoms with van der Waals surface area (Å²) in [7, 11) is -1.62. The zero-order valence-electron chi connectivity index (χ0n) is 10.9. The van der Waals surface area contributed by atoms with Crippen LogP contribution in [0.2, 0.25) is 5.02 Å². The molecule has 2 N–H and O–H groups in total. The van der Waals surface area contributed by atoms with Crippen LogP contribution in [0.15, 0.2) is 23.1 Å². The van der Waals surface area contributed by atoms with E-state index in [1.54, 1.807) is 12.1 Å². The standard InChI is InChI=1S/C13H19ClN2O2S/c1-15-9-11-4-5-12(8-13(11)14)19(17,18)16-7-6-10-2-3-10/h4-5,8,10,15-16H,2-3,6-7,9H2,1H3. The molecule has 19 heavy (non-hydrogen) atoms. The van der Waals surface area contributed by atoms with Crippen LogP contribution in [0.1, 0.15) is 24.8 Å². The Morgan fingerprint density at radius 1 is 1.37 bits per heavy atom. The number of rotatable bonds is 7. The third-order valence-corrected chi connectivity index (χ3v) is 5.05. The van der Waals surface area contributed by atoms with Gasteiger partial charge >= 0.3 is 0 Å². The molecule has 0 saturated heterocycles. The molecule has 1 aliphatic rings. The molecular formula is C13H19ClN2O2S. The van der Waals surface area contributed by atoms with Gasteiger partial charge in [0.15, 0.2) is 0 Å². The lowest BCUT2D eigenvalue weighted by molar-refractivity contribution is 0.575. The molecule has 0 amide bonds. The molecule has 0 radical (unpaired) electrons. The number of nitrogens with one attached hydrogen (secondary N) is 2. The first-order chi connectivity index (χ1) is 9.03. The van der Waals surface area contributed by atoms with E-state index < -0.39 is 10.0 Å². The SMILES string of the molecule is CNCc1ccc(S(=O)(=O)NCCC2CC2)cc1Cl. The highest BCUT2D eigenvalue weighted by Gasteiger charge is 2.22. The van der Waals surface area contributed by atoms with Crippen molar-refractivity contribution in [3.8, 4) is 0 Å². The Balaban J connectivity index is 2.03. The van der Waals surface area contributed by atoms with E-state index in [9.17, 15) is 8.42 Å². The molecule has 0 spiro atoms. The average molecular weight is 303 g/mol. The summed E-state index contributed by atoms with van der Waals surface area (Å²) < 4.78 is 26.8. The molecule has 0 aliphatic heterocycles. The van der Waals surface area contributed by atoms with Gasteiger partial charge in [-0.05, 0) is 37.1 Å². The number of hydrogen-bond acceptors (Lipinski definition) is 3. The van der Waals surface area contributed by atoms with E-state index in [2.05, 4.69) is 10.0 Å². The summed E-state index contributed by atoms with van der Waals surface area (Å²) in [5.41, 5.74) is 0.890. The van der Waals surface area contributed by atoms with Gasteiger partial charge in [0.1, 0.15) is 0 Å². The van der Waals surface area contributed by atoms with Gasteiger partial charge < -0.3 is 5.32 Å². The fraction of sp³-hybridized carbons (Fsp3) is 0.538. The van der Waals surface area contributed by atoms with Crippen LogP contribution in [0.5, 0.6) is 0 Å². The number of halogens is 1. The van der Waals surface area contributed by atoms with Gasteiger partial charge in [-0.15, -0.1) is 0 Å². The van der Waals surface area contributed by atoms with Crippen molar-refractivity contribution in [2.75, 3.05) is 13.6 Å². The molecular weight excluding hydrogens is 284 g/mol. The van der Waals surface area contributed by atoms with Crippen molar-refractivity contribution in [1.82, 2.24) is 10.0 Å². The van der Waals surface area contributed by atoms with Gasteiger partial charge in [-0.25, -0.2) is 13.1 Å². The predicted octanol–water partition coefficient (Wildman–Crippen LogP) is 2.14. The third-order valence-electron chi connectivity index (χ3n) is 3.24. The van der Waals surface area contributed by atoms with E-state index in [0.29, 0.717) is 24.0 Å². The van der Waals surface area contributed by atoms with Crippen LogP contribution in [0, 0.1) is 5.92 Å². The second kappa shape index (κ2) is 6.22. The minimum Gasteiger partial charge on any atom is -0.316 e. The maximum atomic E-state index is 12.1. The maximum Gasteiger partial charge on any atom is 0.240 e. The first-order valence-electron chi connectivity index (χ1n) is 6.45. The average Bonchev–Trinajstić information content (AvgIpc) is 3.16. The molecule has 1 aromatic rings. The molecule has 0 bridgehead atoms. The molecule has 106 valence electrons. The molecule has 1 aromatic carbocycles. The molecule has 0 atom stereocenters. The Morgan fingerprint density at radius 2 is 2.11 bits per heavy atom. The van der Waals surface area contributed by atoms with Crippen molar-refractivity contribution >= 4 is 21.6 Å². The van der Waals surface area contributed by atoms with Gasteiger partial charge in [0, 0.05) is 18.1 Å². The lowest BCUT2D eigenvalue weighted by Crippen LogP contribution is -2.25. The van der Waals surface area contributed by atoms with Crippen molar-refractivity contribution in [2.24, 2.45) is 5.92 Å². The Labute approximate surface area is 119 Å². The number of benzene rings is 1. The molecule has 0 aromatic heterocycles. The number of sulfonamides is 1. The van der Waals surface area contributed by atoms with Crippen LogP contribution in [-0.2, 0) is 16.6 Å². The van der Waals surface area contributed by atoms with Crippen molar-refractivity contribution in [2.45, 2.75) is 30.7 Å². The summed E-state index contributed by atoms with van der Waals surface area (Å²) in [6.07, 6.45) is 3.38. The van der Waals surface area contributed by atoms with E-state index in [1.807, 2.05) is 7.05 Å². The van der Waals surface area contributed by atoms with Crippen LogP contribution in [0.25, 0.3) is 0 Å². The summed E-state index contributed by atoms with van der Waals surface area (Å²) in [4.78, 5) is 0.230. The quantitative estimate of drug-likeness (QED) is 0.811. The molecule has 0 heterocycles. The van der Waals surface area contributed by atoms with Gasteiger partial charge in [0.05, 0.1) is 4.90 Å². The topological polar surface area (TPSA) is 58.2 Å². The highest BCUT2D eigenvalue weighted by molar-refractivity contribution is 7.89. The zero-order chi connectivity index (χ0) is 13.9. The highest BCUT2D eigenvalue weighted by Crippen LogP contribution is 2.31. The maximum absolute atomic E-state index is 12.1. The zero-order valence-corrected chi connectivity index (χ0v) is 12.5. The smallest absolute Gasteiger partial charge is 0.240 e. The molecule has 1 fully saturated rings. The first-order valence-corrected chi connectivity index (χ1v) is 8.32. The normalized spacial score (nSPS) is 15.7. The molecule has 6 heteroatoms. The number of hydrogen-bond donors (Lipinski definition) is 2. The predicted molar refractivity (Wildman–Crippen MR) is 76.7 cm³/mol. The summed E-state index contributed by atoms with van der Waals surface area (Å²) in [6, 6.07) is 4.85. The molecule has 1 saturated carbocycles. The van der Waals surface area contributed by atoms with Crippen LogP contribution < -0.4 is 10.0 Å². The Kier molecular flexibility index (Phi) is 4.84. The van der Waals surface area contributed by atoms with Crippen molar-refractivity contribution in [3.63, 3.8) is 0 Å². The van der Waals surface area contributed by atoms with Gasteiger partial charge in [0.25, 0.3) is 0 Å². The van der Waals surface area contributed by atoms with Crippen LogP contribution >= 0.6 is 11.6 Å².